The standard InChI is InChI=1S/C28H25FN2O3/c1-18(2)34-23-14-12-20(13-15-23)25-26(30-16-6-8-19-7-3-4-11-24(19)30)28(33)31(27(25)32)22-10-5-9-21(29)17-22/h3-5,7,9-15,17-18H,6,8,16H2,1-2H3. The van der Waals surface area contributed by atoms with Crippen LogP contribution >= 0.6 is 0 Å². The fourth-order valence-corrected chi connectivity index (χ4v) is 4.62. The number of aryl methyl sites for hydroxylation is 1. The number of carbonyl (C=O) groups is 2. The third-order valence-corrected chi connectivity index (χ3v) is 6.02. The Hall–Kier alpha value is -3.93. The minimum absolute atomic E-state index is 0.0173. The first-order valence-electron chi connectivity index (χ1n) is 11.4. The van der Waals surface area contributed by atoms with Gasteiger partial charge in [0.05, 0.1) is 17.4 Å². The molecule has 3 aromatic carbocycles. The van der Waals surface area contributed by atoms with Crippen LogP contribution in [0.5, 0.6) is 5.75 Å². The Bertz CT molecular complexity index is 1300. The number of halogens is 1. The van der Waals surface area contributed by atoms with Gasteiger partial charge in [-0.1, -0.05) is 36.4 Å². The summed E-state index contributed by atoms with van der Waals surface area (Å²) in [7, 11) is 0. The van der Waals surface area contributed by atoms with Crippen molar-refractivity contribution in [1.82, 2.24) is 0 Å². The van der Waals surface area contributed by atoms with E-state index in [2.05, 4.69) is 0 Å². The molecule has 0 saturated heterocycles. The molecule has 0 saturated carbocycles. The highest BCUT2D eigenvalue weighted by molar-refractivity contribution is 6.46. The Morgan fingerprint density at radius 1 is 0.912 bits per heavy atom. The smallest absolute Gasteiger partial charge is 0.282 e. The Kier molecular flexibility index (Phi) is 5.65. The van der Waals surface area contributed by atoms with Crippen LogP contribution in [-0.4, -0.2) is 24.5 Å². The average Bonchev–Trinajstić information content (AvgIpc) is 3.08. The average molecular weight is 457 g/mol. The predicted molar refractivity (Wildman–Crippen MR) is 130 cm³/mol. The van der Waals surface area contributed by atoms with Crippen molar-refractivity contribution in [3.8, 4) is 5.75 Å². The van der Waals surface area contributed by atoms with Gasteiger partial charge in [-0.2, -0.15) is 0 Å². The Balaban J connectivity index is 1.65. The van der Waals surface area contributed by atoms with Crippen molar-refractivity contribution in [1.29, 1.82) is 0 Å². The summed E-state index contributed by atoms with van der Waals surface area (Å²) in [5, 5.41) is 0. The molecule has 0 N–H and O–H groups in total. The van der Waals surface area contributed by atoms with Crippen LogP contribution in [0.2, 0.25) is 0 Å². The molecule has 2 heterocycles. The summed E-state index contributed by atoms with van der Waals surface area (Å²) >= 11 is 0. The zero-order valence-corrected chi connectivity index (χ0v) is 19.1. The summed E-state index contributed by atoms with van der Waals surface area (Å²) in [6, 6.07) is 20.7. The number of anilines is 2. The number of imide groups is 1. The largest absolute Gasteiger partial charge is 0.491 e. The highest BCUT2D eigenvalue weighted by Gasteiger charge is 2.43. The first kappa shape index (κ1) is 21.9. The van der Waals surface area contributed by atoms with E-state index in [4.69, 9.17) is 4.74 Å². The number of benzene rings is 3. The highest BCUT2D eigenvalue weighted by atomic mass is 19.1. The number of hydrogen-bond donors (Lipinski definition) is 0. The van der Waals surface area contributed by atoms with Crippen LogP contribution in [0.15, 0.2) is 78.5 Å². The van der Waals surface area contributed by atoms with E-state index in [1.54, 1.807) is 30.3 Å². The van der Waals surface area contributed by atoms with Gasteiger partial charge in [-0.15, -0.1) is 0 Å². The van der Waals surface area contributed by atoms with Gasteiger partial charge in [-0.25, -0.2) is 9.29 Å². The Labute approximate surface area is 198 Å². The topological polar surface area (TPSA) is 49.9 Å². The molecule has 5 nitrogen and oxygen atoms in total. The summed E-state index contributed by atoms with van der Waals surface area (Å²) in [4.78, 5) is 30.5. The number of fused-ring (bicyclic) bond motifs is 1. The van der Waals surface area contributed by atoms with E-state index < -0.39 is 17.6 Å². The molecule has 2 amide bonds. The molecule has 3 aromatic rings. The third kappa shape index (κ3) is 3.85. The molecule has 0 radical (unpaired) electrons. The molecule has 5 rings (SSSR count). The van der Waals surface area contributed by atoms with Gasteiger partial charge in [0.25, 0.3) is 11.8 Å². The quantitative estimate of drug-likeness (QED) is 0.486. The molecule has 172 valence electrons. The van der Waals surface area contributed by atoms with E-state index in [-0.39, 0.29) is 11.8 Å². The van der Waals surface area contributed by atoms with Crippen LogP contribution in [0.25, 0.3) is 5.57 Å². The maximum absolute atomic E-state index is 14.0. The van der Waals surface area contributed by atoms with E-state index >= 15 is 0 Å². The maximum atomic E-state index is 14.0. The normalized spacial score (nSPS) is 15.9. The zero-order valence-electron chi connectivity index (χ0n) is 19.1. The van der Waals surface area contributed by atoms with Gasteiger partial charge < -0.3 is 9.64 Å². The van der Waals surface area contributed by atoms with Crippen molar-refractivity contribution in [3.63, 3.8) is 0 Å². The lowest BCUT2D eigenvalue weighted by atomic mass is 9.98. The van der Waals surface area contributed by atoms with Crippen molar-refractivity contribution < 1.29 is 18.7 Å². The molecule has 0 unspecified atom stereocenters. The molecule has 34 heavy (non-hydrogen) atoms. The van der Waals surface area contributed by atoms with Crippen molar-refractivity contribution in [2.45, 2.75) is 32.8 Å². The number of amides is 2. The van der Waals surface area contributed by atoms with Gasteiger partial charge in [0.15, 0.2) is 0 Å². The summed E-state index contributed by atoms with van der Waals surface area (Å²) in [5.41, 5.74) is 3.51. The zero-order chi connectivity index (χ0) is 23.8. The highest BCUT2D eigenvalue weighted by Crippen LogP contribution is 2.39. The summed E-state index contributed by atoms with van der Waals surface area (Å²) < 4.78 is 19.7. The number of hydrogen-bond acceptors (Lipinski definition) is 4. The van der Waals surface area contributed by atoms with Crippen LogP contribution < -0.4 is 14.5 Å². The lowest BCUT2D eigenvalue weighted by Gasteiger charge is -2.32. The van der Waals surface area contributed by atoms with Gasteiger partial charge in [0.2, 0.25) is 0 Å². The first-order chi connectivity index (χ1) is 16.4. The van der Waals surface area contributed by atoms with Crippen molar-refractivity contribution >= 4 is 28.8 Å². The minimum atomic E-state index is -0.508. The molecular weight excluding hydrogens is 431 g/mol. The van der Waals surface area contributed by atoms with Crippen molar-refractivity contribution in [3.05, 3.63) is 95.4 Å². The van der Waals surface area contributed by atoms with E-state index in [1.807, 2.05) is 43.0 Å². The predicted octanol–water partition coefficient (Wildman–Crippen LogP) is 5.35. The van der Waals surface area contributed by atoms with Crippen LogP contribution in [0, 0.1) is 5.82 Å². The lowest BCUT2D eigenvalue weighted by molar-refractivity contribution is -0.120. The van der Waals surface area contributed by atoms with E-state index in [0.29, 0.717) is 29.1 Å². The van der Waals surface area contributed by atoms with Crippen LogP contribution in [0.4, 0.5) is 15.8 Å². The number of ether oxygens (including phenoxy) is 1. The molecule has 2 aliphatic heterocycles. The lowest BCUT2D eigenvalue weighted by Crippen LogP contribution is -2.37. The van der Waals surface area contributed by atoms with Crippen LogP contribution in [0.1, 0.15) is 31.4 Å². The second kappa shape index (κ2) is 8.78. The van der Waals surface area contributed by atoms with Gasteiger partial charge in [0.1, 0.15) is 17.3 Å². The Morgan fingerprint density at radius 2 is 1.68 bits per heavy atom. The minimum Gasteiger partial charge on any atom is -0.491 e. The second-order valence-electron chi connectivity index (χ2n) is 8.72. The Morgan fingerprint density at radius 3 is 2.41 bits per heavy atom. The number of rotatable bonds is 5. The summed E-state index contributed by atoms with van der Waals surface area (Å²) in [5.74, 6) is -0.745. The molecule has 0 aromatic heterocycles. The number of nitrogens with zero attached hydrogens (tertiary/aromatic N) is 2. The molecule has 2 aliphatic rings. The molecule has 0 bridgehead atoms. The summed E-state index contributed by atoms with van der Waals surface area (Å²) in [6.45, 7) is 4.50. The van der Waals surface area contributed by atoms with Crippen molar-refractivity contribution in [2.24, 2.45) is 0 Å². The number of carbonyl (C=O) groups excluding carboxylic acids is 2. The van der Waals surface area contributed by atoms with Crippen molar-refractivity contribution in [2.75, 3.05) is 16.3 Å². The molecule has 0 aliphatic carbocycles. The van der Waals surface area contributed by atoms with Crippen LogP contribution in [-0.2, 0) is 16.0 Å². The number of para-hydroxylation sites is 1. The molecule has 0 atom stereocenters. The van der Waals surface area contributed by atoms with Crippen LogP contribution in [0.3, 0.4) is 0 Å². The van der Waals surface area contributed by atoms with Gasteiger partial charge >= 0.3 is 0 Å². The van der Waals surface area contributed by atoms with E-state index in [0.717, 1.165) is 29.0 Å². The molecule has 0 spiro atoms. The molecular formula is C28H25FN2O3. The SMILES string of the molecule is CC(C)Oc1ccc(C2=C(N3CCCc4ccccc43)C(=O)N(c3cccc(F)c3)C2=O)cc1. The molecule has 6 heteroatoms. The van der Waals surface area contributed by atoms with Gasteiger partial charge in [-0.3, -0.25) is 9.59 Å². The monoisotopic (exact) mass is 456 g/mol. The maximum Gasteiger partial charge on any atom is 0.282 e. The molecule has 0 fully saturated rings. The van der Waals surface area contributed by atoms with E-state index in [1.165, 1.54) is 18.2 Å². The summed E-state index contributed by atoms with van der Waals surface area (Å²) in [6.07, 6.45) is 1.78. The van der Waals surface area contributed by atoms with Gasteiger partial charge in [-0.05, 0) is 74.2 Å². The fraction of sp³-hybridized carbons (Fsp3) is 0.214. The van der Waals surface area contributed by atoms with Gasteiger partial charge in [0, 0.05) is 12.2 Å². The second-order valence-corrected chi connectivity index (χ2v) is 8.72. The third-order valence-electron chi connectivity index (χ3n) is 6.02. The first-order valence-corrected chi connectivity index (χ1v) is 11.4. The van der Waals surface area contributed by atoms with E-state index in [9.17, 15) is 14.0 Å². The fourth-order valence-electron chi connectivity index (χ4n) is 4.62.